The highest BCUT2D eigenvalue weighted by atomic mass is 16.5. The zero-order chi connectivity index (χ0) is 14.7. The van der Waals surface area contributed by atoms with Gasteiger partial charge in [0.2, 0.25) is 0 Å². The van der Waals surface area contributed by atoms with Gasteiger partial charge in [0.25, 0.3) is 0 Å². The van der Waals surface area contributed by atoms with Crippen molar-refractivity contribution in [3.8, 4) is 11.5 Å². The fourth-order valence-electron chi connectivity index (χ4n) is 2.67. The molecule has 0 saturated carbocycles. The molecule has 0 aromatic heterocycles. The van der Waals surface area contributed by atoms with Crippen molar-refractivity contribution in [1.82, 2.24) is 0 Å². The van der Waals surface area contributed by atoms with E-state index in [1.807, 2.05) is 43.3 Å². The summed E-state index contributed by atoms with van der Waals surface area (Å²) in [4.78, 5) is 0. The molecule has 0 saturated heterocycles. The van der Waals surface area contributed by atoms with Crippen molar-refractivity contribution in [2.45, 2.75) is 25.3 Å². The molecule has 21 heavy (non-hydrogen) atoms. The zero-order valence-corrected chi connectivity index (χ0v) is 12.3. The number of hydrogen-bond acceptors (Lipinski definition) is 3. The standard InChI is InChI=1S/C18H21NO2/c1-13(19)14-5-4-6-16(11-14)21-12-15-9-10-20-18-8-3-2-7-17(15)18/h2-8,11,13,15H,9-10,12,19H2,1H3. The maximum atomic E-state index is 5.98. The first-order chi connectivity index (χ1) is 10.2. The minimum atomic E-state index is 0.0253. The van der Waals surface area contributed by atoms with Gasteiger partial charge < -0.3 is 15.2 Å². The second kappa shape index (κ2) is 6.19. The first-order valence-corrected chi connectivity index (χ1v) is 7.44. The molecule has 1 aliphatic rings. The summed E-state index contributed by atoms with van der Waals surface area (Å²) in [5.41, 5.74) is 8.25. The van der Waals surface area contributed by atoms with Crippen molar-refractivity contribution in [3.63, 3.8) is 0 Å². The molecule has 0 bridgehead atoms. The molecule has 0 amide bonds. The van der Waals surface area contributed by atoms with Gasteiger partial charge in [-0.15, -0.1) is 0 Å². The zero-order valence-electron chi connectivity index (χ0n) is 12.3. The summed E-state index contributed by atoms with van der Waals surface area (Å²) in [6, 6.07) is 16.3. The second-order valence-electron chi connectivity index (χ2n) is 5.54. The average molecular weight is 283 g/mol. The molecule has 2 N–H and O–H groups in total. The highest BCUT2D eigenvalue weighted by Gasteiger charge is 2.21. The lowest BCUT2D eigenvalue weighted by Crippen LogP contribution is -2.19. The molecule has 2 aromatic carbocycles. The third kappa shape index (κ3) is 3.19. The summed E-state index contributed by atoms with van der Waals surface area (Å²) in [5.74, 6) is 2.25. The van der Waals surface area contributed by atoms with E-state index in [1.54, 1.807) is 0 Å². The van der Waals surface area contributed by atoms with Gasteiger partial charge in [0.15, 0.2) is 0 Å². The maximum Gasteiger partial charge on any atom is 0.122 e. The van der Waals surface area contributed by atoms with Gasteiger partial charge in [-0.3, -0.25) is 0 Å². The Morgan fingerprint density at radius 3 is 2.95 bits per heavy atom. The molecule has 2 unspecified atom stereocenters. The molecule has 110 valence electrons. The van der Waals surface area contributed by atoms with E-state index >= 15 is 0 Å². The predicted octanol–water partition coefficient (Wildman–Crippen LogP) is 3.65. The van der Waals surface area contributed by atoms with Crippen LogP contribution < -0.4 is 15.2 Å². The Bertz CT molecular complexity index is 610. The van der Waals surface area contributed by atoms with Crippen LogP contribution in [0.3, 0.4) is 0 Å². The molecule has 2 aromatic rings. The van der Waals surface area contributed by atoms with Gasteiger partial charge in [-0.25, -0.2) is 0 Å². The first kappa shape index (κ1) is 14.0. The van der Waals surface area contributed by atoms with Crippen LogP contribution in [0.5, 0.6) is 11.5 Å². The van der Waals surface area contributed by atoms with Crippen molar-refractivity contribution in [2.75, 3.05) is 13.2 Å². The molecule has 3 rings (SSSR count). The predicted molar refractivity (Wildman–Crippen MR) is 83.8 cm³/mol. The monoisotopic (exact) mass is 283 g/mol. The fraction of sp³-hybridized carbons (Fsp3) is 0.333. The third-order valence-corrected chi connectivity index (χ3v) is 3.92. The lowest BCUT2D eigenvalue weighted by atomic mass is 9.94. The lowest BCUT2D eigenvalue weighted by Gasteiger charge is -2.26. The van der Waals surface area contributed by atoms with Gasteiger partial charge >= 0.3 is 0 Å². The van der Waals surface area contributed by atoms with Gasteiger partial charge in [0.1, 0.15) is 11.5 Å². The van der Waals surface area contributed by atoms with Crippen molar-refractivity contribution in [1.29, 1.82) is 0 Å². The van der Waals surface area contributed by atoms with Crippen LogP contribution in [0.15, 0.2) is 48.5 Å². The Kier molecular flexibility index (Phi) is 4.11. The van der Waals surface area contributed by atoms with E-state index in [0.717, 1.165) is 30.1 Å². The first-order valence-electron chi connectivity index (χ1n) is 7.44. The van der Waals surface area contributed by atoms with E-state index < -0.39 is 0 Å². The Labute approximate surface area is 125 Å². The van der Waals surface area contributed by atoms with Crippen LogP contribution >= 0.6 is 0 Å². The van der Waals surface area contributed by atoms with Gasteiger partial charge in [-0.2, -0.15) is 0 Å². The van der Waals surface area contributed by atoms with Crippen LogP contribution in [0.1, 0.15) is 36.4 Å². The smallest absolute Gasteiger partial charge is 0.122 e. The van der Waals surface area contributed by atoms with E-state index in [4.69, 9.17) is 15.2 Å². The maximum absolute atomic E-state index is 5.98. The normalized spacial score (nSPS) is 18.5. The molecule has 0 radical (unpaired) electrons. The van der Waals surface area contributed by atoms with E-state index in [0.29, 0.717) is 12.5 Å². The number of para-hydroxylation sites is 1. The van der Waals surface area contributed by atoms with Crippen LogP contribution in [-0.2, 0) is 0 Å². The molecule has 1 aliphatic heterocycles. The summed E-state index contributed by atoms with van der Waals surface area (Å²) in [5, 5.41) is 0. The molecule has 0 spiro atoms. The molecule has 2 atom stereocenters. The molecule has 3 nitrogen and oxygen atoms in total. The van der Waals surface area contributed by atoms with Gasteiger partial charge in [0, 0.05) is 17.5 Å². The van der Waals surface area contributed by atoms with E-state index in [1.165, 1.54) is 5.56 Å². The van der Waals surface area contributed by atoms with Crippen LogP contribution in [0.2, 0.25) is 0 Å². The average Bonchev–Trinajstić information content (AvgIpc) is 2.53. The summed E-state index contributed by atoms with van der Waals surface area (Å²) < 4.78 is 11.7. The topological polar surface area (TPSA) is 44.5 Å². The quantitative estimate of drug-likeness (QED) is 0.931. The SMILES string of the molecule is CC(N)c1cccc(OCC2CCOc3ccccc32)c1. The lowest BCUT2D eigenvalue weighted by molar-refractivity contribution is 0.217. The van der Waals surface area contributed by atoms with E-state index in [9.17, 15) is 0 Å². The van der Waals surface area contributed by atoms with Crippen LogP contribution in [0.4, 0.5) is 0 Å². The van der Waals surface area contributed by atoms with Crippen molar-refractivity contribution < 1.29 is 9.47 Å². The summed E-state index contributed by atoms with van der Waals surface area (Å²) in [6.45, 7) is 3.40. The largest absolute Gasteiger partial charge is 0.493 e. The number of nitrogens with two attached hydrogens (primary N) is 1. The van der Waals surface area contributed by atoms with Gasteiger partial charge in [-0.1, -0.05) is 30.3 Å². The van der Waals surface area contributed by atoms with Crippen molar-refractivity contribution in [2.24, 2.45) is 5.73 Å². The molecule has 0 aliphatic carbocycles. The van der Waals surface area contributed by atoms with Crippen LogP contribution in [0, 0.1) is 0 Å². The van der Waals surface area contributed by atoms with Crippen LogP contribution in [0.25, 0.3) is 0 Å². The molecule has 1 heterocycles. The highest BCUT2D eigenvalue weighted by molar-refractivity contribution is 5.38. The van der Waals surface area contributed by atoms with Crippen LogP contribution in [-0.4, -0.2) is 13.2 Å². The number of hydrogen-bond donors (Lipinski definition) is 1. The number of ether oxygens (including phenoxy) is 2. The molecular formula is C18H21NO2. The molecular weight excluding hydrogens is 262 g/mol. The molecule has 3 heteroatoms. The Hall–Kier alpha value is -2.00. The third-order valence-electron chi connectivity index (χ3n) is 3.92. The minimum Gasteiger partial charge on any atom is -0.493 e. The van der Waals surface area contributed by atoms with Gasteiger partial charge in [-0.05, 0) is 37.1 Å². The number of fused-ring (bicyclic) bond motifs is 1. The minimum absolute atomic E-state index is 0.0253. The Morgan fingerprint density at radius 1 is 1.24 bits per heavy atom. The number of benzene rings is 2. The van der Waals surface area contributed by atoms with Gasteiger partial charge in [0.05, 0.1) is 13.2 Å². The summed E-state index contributed by atoms with van der Waals surface area (Å²) in [7, 11) is 0. The summed E-state index contributed by atoms with van der Waals surface area (Å²) >= 11 is 0. The number of rotatable bonds is 4. The second-order valence-corrected chi connectivity index (χ2v) is 5.54. The Morgan fingerprint density at radius 2 is 2.10 bits per heavy atom. The highest BCUT2D eigenvalue weighted by Crippen LogP contribution is 2.33. The van der Waals surface area contributed by atoms with E-state index in [-0.39, 0.29) is 6.04 Å². The van der Waals surface area contributed by atoms with E-state index in [2.05, 4.69) is 12.1 Å². The fourth-order valence-corrected chi connectivity index (χ4v) is 2.67. The summed E-state index contributed by atoms with van der Waals surface area (Å²) in [6.07, 6.45) is 0.990. The van der Waals surface area contributed by atoms with Crippen molar-refractivity contribution >= 4 is 0 Å². The van der Waals surface area contributed by atoms with Crippen molar-refractivity contribution in [3.05, 3.63) is 59.7 Å². The Balaban J connectivity index is 1.70. The molecule has 0 fully saturated rings.